The van der Waals surface area contributed by atoms with E-state index in [0.29, 0.717) is 68.5 Å². The summed E-state index contributed by atoms with van der Waals surface area (Å²) in [7, 11) is 0. The van der Waals surface area contributed by atoms with Crippen LogP contribution in [0.3, 0.4) is 0 Å². The van der Waals surface area contributed by atoms with E-state index in [1.165, 1.54) is 0 Å². The maximum Gasteiger partial charge on any atom is 0.305 e. The molecule has 2 bridgehead atoms. The number of rotatable bonds is 11. The Hall–Kier alpha value is -2.30. The number of carbonyl (C=O) groups is 1. The van der Waals surface area contributed by atoms with E-state index < -0.39 is 5.54 Å². The third kappa shape index (κ3) is 4.97. The van der Waals surface area contributed by atoms with Gasteiger partial charge in [-0.3, -0.25) is 15.1 Å². The lowest BCUT2D eigenvalue weighted by atomic mass is 9.66. The van der Waals surface area contributed by atoms with Crippen molar-refractivity contribution in [3.05, 3.63) is 29.3 Å². The lowest BCUT2D eigenvalue weighted by Gasteiger charge is -2.53. The minimum absolute atomic E-state index is 0.208. The van der Waals surface area contributed by atoms with Crippen LogP contribution in [0.25, 0.3) is 0 Å². The summed E-state index contributed by atoms with van der Waals surface area (Å²) in [6.45, 7) is 4.23. The van der Waals surface area contributed by atoms with Gasteiger partial charge in [-0.1, -0.05) is 11.6 Å². The predicted molar refractivity (Wildman–Crippen MR) is 111 cm³/mol. The van der Waals surface area contributed by atoms with Crippen molar-refractivity contribution in [3.63, 3.8) is 0 Å². The van der Waals surface area contributed by atoms with E-state index in [1.807, 2.05) is 0 Å². The molecule has 0 radical (unpaired) electrons. The van der Waals surface area contributed by atoms with Crippen LogP contribution in [0, 0.1) is 5.92 Å². The lowest BCUT2D eigenvalue weighted by Crippen LogP contribution is -2.64. The van der Waals surface area contributed by atoms with Crippen LogP contribution in [-0.4, -0.2) is 63.6 Å². The molecule has 11 heteroatoms. The van der Waals surface area contributed by atoms with Crippen molar-refractivity contribution in [2.24, 2.45) is 5.92 Å². The predicted octanol–water partition coefficient (Wildman–Crippen LogP) is 1.74. The van der Waals surface area contributed by atoms with Gasteiger partial charge in [0, 0.05) is 31.8 Å². The van der Waals surface area contributed by atoms with Gasteiger partial charge < -0.3 is 14.2 Å². The van der Waals surface area contributed by atoms with Gasteiger partial charge in [-0.15, -0.1) is 5.10 Å². The first-order valence-electron chi connectivity index (χ1n) is 10.6. The van der Waals surface area contributed by atoms with Gasteiger partial charge in [-0.05, 0) is 42.5 Å². The summed E-state index contributed by atoms with van der Waals surface area (Å²) in [6, 6.07) is 1.73. The Morgan fingerprint density at radius 3 is 3.03 bits per heavy atom. The van der Waals surface area contributed by atoms with E-state index in [4.69, 9.17) is 25.8 Å². The summed E-state index contributed by atoms with van der Waals surface area (Å²) < 4.78 is 18.6. The van der Waals surface area contributed by atoms with Gasteiger partial charge in [0.05, 0.1) is 30.5 Å². The van der Waals surface area contributed by atoms with Crippen LogP contribution >= 0.6 is 11.6 Å². The van der Waals surface area contributed by atoms with E-state index in [1.54, 1.807) is 30.1 Å². The number of aromatic nitrogens is 5. The molecule has 2 aromatic heterocycles. The van der Waals surface area contributed by atoms with Crippen molar-refractivity contribution in [1.82, 2.24) is 30.5 Å². The zero-order valence-corrected chi connectivity index (χ0v) is 18.3. The number of ether oxygens (including phenoxy) is 3. The zero-order chi connectivity index (χ0) is 21.7. The average Bonchev–Trinajstić information content (AvgIpc) is 3.20. The minimum atomic E-state index is -0.488. The van der Waals surface area contributed by atoms with Gasteiger partial charge in [0.1, 0.15) is 17.9 Å². The quantitative estimate of drug-likeness (QED) is 0.403. The third-order valence-corrected chi connectivity index (χ3v) is 6.02. The molecule has 5 rings (SSSR count). The number of pyridine rings is 1. The molecule has 1 N–H and O–H groups in total. The summed E-state index contributed by atoms with van der Waals surface area (Å²) in [5.41, 5.74) is -0.488. The summed E-state index contributed by atoms with van der Waals surface area (Å²) in [6.07, 6.45) is 6.40. The maximum atomic E-state index is 11.6. The van der Waals surface area contributed by atoms with Crippen LogP contribution in [0.5, 0.6) is 5.75 Å². The summed E-state index contributed by atoms with van der Waals surface area (Å²) in [5.74, 6) is 1.54. The summed E-state index contributed by atoms with van der Waals surface area (Å²) in [5, 5.41) is 16.6. The Balaban J connectivity index is 1.40. The molecule has 31 heavy (non-hydrogen) atoms. The molecule has 4 heterocycles. The van der Waals surface area contributed by atoms with Gasteiger partial charge in [0.15, 0.2) is 5.82 Å². The highest BCUT2D eigenvalue weighted by Crippen LogP contribution is 2.48. The zero-order valence-electron chi connectivity index (χ0n) is 17.5. The van der Waals surface area contributed by atoms with E-state index in [0.717, 1.165) is 18.7 Å². The second-order valence-corrected chi connectivity index (χ2v) is 8.26. The Kier molecular flexibility index (Phi) is 6.99. The lowest BCUT2D eigenvalue weighted by molar-refractivity contribution is -0.158. The molecule has 1 saturated carbocycles. The molecule has 3 fully saturated rings. The van der Waals surface area contributed by atoms with Crippen LogP contribution in [0.2, 0.25) is 5.02 Å². The number of aryl methyl sites for hydroxylation is 1. The fourth-order valence-corrected chi connectivity index (χ4v) is 4.35. The summed E-state index contributed by atoms with van der Waals surface area (Å²) in [4.78, 5) is 15.7. The van der Waals surface area contributed by atoms with Gasteiger partial charge in [-0.25, -0.2) is 4.68 Å². The molecule has 0 spiro atoms. The van der Waals surface area contributed by atoms with Gasteiger partial charge in [0.2, 0.25) is 0 Å². The number of nitrogens with one attached hydrogen (secondary N) is 1. The smallest absolute Gasteiger partial charge is 0.305 e. The second-order valence-electron chi connectivity index (χ2n) is 7.82. The first kappa shape index (κ1) is 21.9. The molecule has 10 nitrogen and oxygen atoms in total. The van der Waals surface area contributed by atoms with Crippen molar-refractivity contribution in [2.75, 3.05) is 26.4 Å². The Morgan fingerprint density at radius 1 is 1.42 bits per heavy atom. The van der Waals surface area contributed by atoms with Crippen LogP contribution in [0.15, 0.2) is 18.5 Å². The molecule has 1 unspecified atom stereocenters. The highest BCUT2D eigenvalue weighted by molar-refractivity contribution is 6.30. The summed E-state index contributed by atoms with van der Waals surface area (Å²) >= 11 is 5.96. The fourth-order valence-electron chi connectivity index (χ4n) is 4.19. The van der Waals surface area contributed by atoms with Gasteiger partial charge >= 0.3 is 5.97 Å². The number of fused-ring (bicyclic) bond motifs is 2. The van der Waals surface area contributed by atoms with Crippen molar-refractivity contribution < 1.29 is 19.0 Å². The molecule has 2 aliphatic heterocycles. The normalized spacial score (nSPS) is 24.5. The van der Waals surface area contributed by atoms with Crippen molar-refractivity contribution in [2.45, 2.75) is 50.8 Å². The van der Waals surface area contributed by atoms with E-state index in [2.05, 4.69) is 25.8 Å². The number of hydrogen-bond donors (Lipinski definition) is 1. The van der Waals surface area contributed by atoms with Crippen LogP contribution < -0.4 is 10.1 Å². The molecule has 1 aliphatic carbocycles. The standard InChI is InChI=1S/C20H27ClN6O4/c1-2-29-18(28)4-3-6-27-19(24-25-26-27)20(13-31-16-8-14(20)9-16)23-5-7-30-17-10-15(21)11-22-12-17/h10-12,14,16,23H,2-9,13H2,1H3. The molecule has 0 aromatic carbocycles. The van der Waals surface area contributed by atoms with Crippen molar-refractivity contribution in [3.8, 4) is 5.75 Å². The van der Waals surface area contributed by atoms with Gasteiger partial charge in [0.25, 0.3) is 0 Å². The van der Waals surface area contributed by atoms with E-state index in [9.17, 15) is 4.79 Å². The molecular formula is C20H27ClN6O4. The van der Waals surface area contributed by atoms with E-state index >= 15 is 0 Å². The minimum Gasteiger partial charge on any atom is -0.491 e. The van der Waals surface area contributed by atoms with Crippen LogP contribution in [0.1, 0.15) is 38.4 Å². The van der Waals surface area contributed by atoms with E-state index in [-0.39, 0.29) is 5.97 Å². The van der Waals surface area contributed by atoms with Crippen molar-refractivity contribution in [1.29, 1.82) is 0 Å². The molecule has 0 amide bonds. The number of nitrogens with zero attached hydrogens (tertiary/aromatic N) is 5. The molecular weight excluding hydrogens is 424 g/mol. The molecule has 168 valence electrons. The topological polar surface area (TPSA) is 113 Å². The Labute approximate surface area is 185 Å². The van der Waals surface area contributed by atoms with Crippen molar-refractivity contribution >= 4 is 17.6 Å². The molecule has 2 saturated heterocycles. The molecule has 1 atom stereocenters. The first-order valence-corrected chi connectivity index (χ1v) is 11.0. The Morgan fingerprint density at radius 2 is 2.29 bits per heavy atom. The highest BCUT2D eigenvalue weighted by Gasteiger charge is 2.55. The maximum absolute atomic E-state index is 11.6. The third-order valence-electron chi connectivity index (χ3n) is 5.82. The highest BCUT2D eigenvalue weighted by atomic mass is 35.5. The molecule has 3 aliphatic rings. The number of halogens is 1. The molecule has 2 aromatic rings. The monoisotopic (exact) mass is 450 g/mol. The van der Waals surface area contributed by atoms with Gasteiger partial charge in [-0.2, -0.15) is 0 Å². The average molecular weight is 451 g/mol. The van der Waals surface area contributed by atoms with Crippen LogP contribution in [0.4, 0.5) is 0 Å². The number of tetrazole rings is 1. The Bertz CT molecular complexity index is 887. The second kappa shape index (κ2) is 9.88. The SMILES string of the molecule is CCOC(=O)CCCn1nnnc1C1(NCCOc2cncc(Cl)c2)COC2CC1C2. The van der Waals surface area contributed by atoms with Crippen LogP contribution in [-0.2, 0) is 26.4 Å². The first-order chi connectivity index (χ1) is 15.1. The number of esters is 1. The number of carbonyl (C=O) groups excluding carboxylic acids is 1. The largest absolute Gasteiger partial charge is 0.491 e. The number of hydrogen-bond acceptors (Lipinski definition) is 9. The fraction of sp³-hybridized carbons (Fsp3) is 0.650.